The fourth-order valence-electron chi connectivity index (χ4n) is 2.83. The van der Waals surface area contributed by atoms with E-state index in [9.17, 15) is 16.8 Å². The second kappa shape index (κ2) is 7.57. The average Bonchev–Trinajstić information content (AvgIpc) is 2.61. The largest absolute Gasteiger partial charge is 0.495 e. The van der Waals surface area contributed by atoms with Crippen LogP contribution in [0.5, 0.6) is 5.75 Å². The number of anilines is 2. The van der Waals surface area contributed by atoms with Gasteiger partial charge in [0.1, 0.15) is 5.75 Å². The molecule has 0 radical (unpaired) electrons. The van der Waals surface area contributed by atoms with E-state index in [1.54, 1.807) is 12.1 Å². The highest BCUT2D eigenvalue weighted by atomic mass is 35.5. The number of ether oxygens (including phenoxy) is 1. The summed E-state index contributed by atoms with van der Waals surface area (Å²) in [6.45, 7) is 0.395. The number of rotatable bonds is 5. The zero-order chi connectivity index (χ0) is 19.7. The lowest BCUT2D eigenvalue weighted by atomic mass is 10.3. The molecule has 3 rings (SSSR count). The molecule has 1 saturated heterocycles. The predicted octanol–water partition coefficient (Wildman–Crippen LogP) is 3.08. The first-order valence-corrected chi connectivity index (χ1v) is 11.7. The number of hydrogen-bond donors (Lipinski definition) is 1. The molecular formula is C17H19ClN2O5S2. The molecule has 0 atom stereocenters. The van der Waals surface area contributed by atoms with Crippen LogP contribution in [-0.2, 0) is 20.0 Å². The van der Waals surface area contributed by atoms with E-state index < -0.39 is 20.0 Å². The van der Waals surface area contributed by atoms with Gasteiger partial charge in [-0.3, -0.25) is 9.03 Å². The van der Waals surface area contributed by atoms with Gasteiger partial charge >= 0.3 is 0 Å². The van der Waals surface area contributed by atoms with Crippen LogP contribution in [-0.4, -0.2) is 36.2 Å². The van der Waals surface area contributed by atoms with E-state index in [4.69, 9.17) is 16.3 Å². The third-order valence-electron chi connectivity index (χ3n) is 4.19. The molecule has 0 saturated carbocycles. The second-order valence-electron chi connectivity index (χ2n) is 6.04. The number of nitrogens with zero attached hydrogens (tertiary/aromatic N) is 1. The molecule has 1 heterocycles. The van der Waals surface area contributed by atoms with Gasteiger partial charge in [0.25, 0.3) is 10.0 Å². The molecule has 7 nitrogen and oxygen atoms in total. The van der Waals surface area contributed by atoms with Gasteiger partial charge in [0.15, 0.2) is 0 Å². The van der Waals surface area contributed by atoms with Crippen molar-refractivity contribution in [3.8, 4) is 5.75 Å². The number of hydrogen-bond acceptors (Lipinski definition) is 5. The molecule has 1 N–H and O–H groups in total. The molecule has 0 bridgehead atoms. The van der Waals surface area contributed by atoms with Crippen LogP contribution in [0.15, 0.2) is 47.4 Å². The van der Waals surface area contributed by atoms with E-state index in [-0.39, 0.29) is 16.3 Å². The fourth-order valence-corrected chi connectivity index (χ4v) is 5.71. The van der Waals surface area contributed by atoms with Crippen LogP contribution in [0.2, 0.25) is 5.02 Å². The first-order valence-electron chi connectivity index (χ1n) is 8.20. The zero-order valence-electron chi connectivity index (χ0n) is 14.6. The minimum atomic E-state index is -3.90. The van der Waals surface area contributed by atoms with Crippen LogP contribution in [0.25, 0.3) is 0 Å². The SMILES string of the molecule is COc1ccc(Cl)cc1NS(=O)(=O)c1ccc(N2CCCCS2(=O)=O)cc1. The van der Waals surface area contributed by atoms with Crippen LogP contribution in [0, 0.1) is 0 Å². The number of benzene rings is 2. The number of nitrogens with one attached hydrogen (secondary N) is 1. The predicted molar refractivity (Wildman–Crippen MR) is 106 cm³/mol. The molecule has 0 spiro atoms. The fraction of sp³-hybridized carbons (Fsp3) is 0.294. The van der Waals surface area contributed by atoms with Crippen molar-refractivity contribution < 1.29 is 21.6 Å². The molecule has 0 amide bonds. The Morgan fingerprint density at radius 2 is 1.81 bits per heavy atom. The Bertz CT molecular complexity index is 1040. The minimum absolute atomic E-state index is 0.00249. The molecular weight excluding hydrogens is 412 g/mol. The van der Waals surface area contributed by atoms with Crippen LogP contribution in [0.4, 0.5) is 11.4 Å². The molecule has 10 heteroatoms. The first kappa shape index (κ1) is 19.8. The van der Waals surface area contributed by atoms with E-state index in [1.165, 1.54) is 41.7 Å². The van der Waals surface area contributed by atoms with E-state index in [0.717, 1.165) is 6.42 Å². The minimum Gasteiger partial charge on any atom is -0.495 e. The molecule has 0 unspecified atom stereocenters. The second-order valence-corrected chi connectivity index (χ2v) is 10.2. The van der Waals surface area contributed by atoms with Crippen molar-refractivity contribution in [1.29, 1.82) is 0 Å². The summed E-state index contributed by atoms with van der Waals surface area (Å²) in [7, 11) is -5.82. The van der Waals surface area contributed by atoms with Gasteiger partial charge in [-0.2, -0.15) is 0 Å². The summed E-state index contributed by atoms with van der Waals surface area (Å²) in [5.74, 6) is 0.433. The summed E-state index contributed by atoms with van der Waals surface area (Å²) in [6, 6.07) is 10.3. The normalized spacial score (nSPS) is 16.7. The van der Waals surface area contributed by atoms with Gasteiger partial charge in [-0.15, -0.1) is 0 Å². The molecule has 1 aliphatic rings. The van der Waals surface area contributed by atoms with Gasteiger partial charge in [-0.05, 0) is 55.3 Å². The Morgan fingerprint density at radius 1 is 1.11 bits per heavy atom. The highest BCUT2D eigenvalue weighted by molar-refractivity contribution is 7.93. The van der Waals surface area contributed by atoms with Crippen molar-refractivity contribution in [2.24, 2.45) is 0 Å². The average molecular weight is 431 g/mol. The Hall–Kier alpha value is -1.97. The maximum atomic E-state index is 12.7. The topological polar surface area (TPSA) is 92.8 Å². The maximum absolute atomic E-state index is 12.7. The van der Waals surface area contributed by atoms with Crippen LogP contribution in [0.3, 0.4) is 0 Å². The Labute approximate surface area is 164 Å². The van der Waals surface area contributed by atoms with Crippen molar-refractivity contribution in [2.75, 3.05) is 28.4 Å². The number of sulfonamides is 2. The third-order valence-corrected chi connectivity index (χ3v) is 7.68. The summed E-state index contributed by atoms with van der Waals surface area (Å²) in [6.07, 6.45) is 1.41. The van der Waals surface area contributed by atoms with E-state index in [2.05, 4.69) is 4.72 Å². The van der Waals surface area contributed by atoms with Crippen LogP contribution < -0.4 is 13.8 Å². The van der Waals surface area contributed by atoms with E-state index >= 15 is 0 Å². The van der Waals surface area contributed by atoms with Crippen LogP contribution in [0.1, 0.15) is 12.8 Å². The smallest absolute Gasteiger partial charge is 0.262 e. The van der Waals surface area contributed by atoms with Gasteiger partial charge in [0.2, 0.25) is 10.0 Å². The molecule has 2 aromatic rings. The van der Waals surface area contributed by atoms with Crippen LogP contribution >= 0.6 is 11.6 Å². The number of halogens is 1. The standard InChI is InChI=1S/C17H19ClN2O5S2/c1-25-17-9-4-13(18)12-16(17)19-27(23,24)15-7-5-14(6-8-15)20-10-2-3-11-26(20,21)22/h4-9,12,19H,2-3,10-11H2,1H3. The molecule has 0 aliphatic carbocycles. The van der Waals surface area contributed by atoms with E-state index in [0.29, 0.717) is 29.4 Å². The zero-order valence-corrected chi connectivity index (χ0v) is 16.9. The van der Waals surface area contributed by atoms with Crippen molar-refractivity contribution in [3.05, 3.63) is 47.5 Å². The molecule has 2 aromatic carbocycles. The van der Waals surface area contributed by atoms with Crippen molar-refractivity contribution in [1.82, 2.24) is 0 Å². The Kier molecular flexibility index (Phi) is 5.55. The molecule has 146 valence electrons. The van der Waals surface area contributed by atoms with Gasteiger partial charge in [0, 0.05) is 11.6 Å². The lowest BCUT2D eigenvalue weighted by molar-refractivity contribution is 0.417. The molecule has 1 aliphatic heterocycles. The van der Waals surface area contributed by atoms with Crippen molar-refractivity contribution in [3.63, 3.8) is 0 Å². The first-order chi connectivity index (χ1) is 12.7. The highest BCUT2D eigenvalue weighted by Gasteiger charge is 2.26. The molecule has 0 aromatic heterocycles. The van der Waals surface area contributed by atoms with Crippen molar-refractivity contribution >= 4 is 43.0 Å². The molecule has 1 fully saturated rings. The summed E-state index contributed by atoms with van der Waals surface area (Å²) in [5.41, 5.74) is 0.668. The van der Waals surface area contributed by atoms with Gasteiger partial charge in [0.05, 0.1) is 29.1 Å². The number of methoxy groups -OCH3 is 1. The lowest BCUT2D eigenvalue weighted by Gasteiger charge is -2.28. The Balaban J connectivity index is 1.87. The third kappa shape index (κ3) is 4.31. The van der Waals surface area contributed by atoms with E-state index in [1.807, 2.05) is 0 Å². The Morgan fingerprint density at radius 3 is 2.44 bits per heavy atom. The van der Waals surface area contributed by atoms with Gasteiger partial charge < -0.3 is 4.74 Å². The highest BCUT2D eigenvalue weighted by Crippen LogP contribution is 2.30. The summed E-state index contributed by atoms with van der Waals surface area (Å²) < 4.78 is 58.6. The maximum Gasteiger partial charge on any atom is 0.262 e. The molecule has 27 heavy (non-hydrogen) atoms. The van der Waals surface area contributed by atoms with Gasteiger partial charge in [-0.25, -0.2) is 16.8 Å². The van der Waals surface area contributed by atoms with Gasteiger partial charge in [-0.1, -0.05) is 11.6 Å². The summed E-state index contributed by atoms with van der Waals surface area (Å²) >= 11 is 5.93. The lowest BCUT2D eigenvalue weighted by Crippen LogP contribution is -2.37. The summed E-state index contributed by atoms with van der Waals surface area (Å²) in [5, 5.41) is 0.360. The quantitative estimate of drug-likeness (QED) is 0.786. The monoisotopic (exact) mass is 430 g/mol. The summed E-state index contributed by atoms with van der Waals surface area (Å²) in [4.78, 5) is 0.00249. The van der Waals surface area contributed by atoms with Crippen molar-refractivity contribution in [2.45, 2.75) is 17.7 Å².